The molecule has 0 unspecified atom stereocenters. The molecule has 32 heavy (non-hydrogen) atoms. The molecule has 0 saturated carbocycles. The zero-order chi connectivity index (χ0) is 23.7. The van der Waals surface area contributed by atoms with Crippen molar-refractivity contribution in [2.45, 2.75) is 42.8 Å². The second-order valence-corrected chi connectivity index (χ2v) is 10.0. The Hall–Kier alpha value is -3.27. The van der Waals surface area contributed by atoms with Gasteiger partial charge in [-0.05, 0) is 45.0 Å². The van der Waals surface area contributed by atoms with E-state index in [9.17, 15) is 22.0 Å². The first-order valence-corrected chi connectivity index (χ1v) is 11.2. The lowest BCUT2D eigenvalue weighted by Gasteiger charge is -2.24. The Morgan fingerprint density at radius 1 is 1.09 bits per heavy atom. The molecule has 0 atom stereocenters. The first-order valence-electron chi connectivity index (χ1n) is 9.68. The molecule has 0 fully saturated rings. The van der Waals surface area contributed by atoms with Gasteiger partial charge in [-0.2, -0.15) is 5.10 Å². The molecule has 0 spiro atoms. The van der Waals surface area contributed by atoms with Crippen molar-refractivity contribution in [1.29, 1.82) is 0 Å². The van der Waals surface area contributed by atoms with Crippen molar-refractivity contribution in [2.75, 3.05) is 7.05 Å². The van der Waals surface area contributed by atoms with E-state index in [0.29, 0.717) is 0 Å². The fourth-order valence-electron chi connectivity index (χ4n) is 2.88. The molecule has 0 N–H and O–H groups in total. The smallest absolute Gasteiger partial charge is 0.410 e. The van der Waals surface area contributed by atoms with Gasteiger partial charge in [0.2, 0.25) is 9.84 Å². The van der Waals surface area contributed by atoms with Gasteiger partial charge in [0.1, 0.15) is 11.3 Å². The summed E-state index contributed by atoms with van der Waals surface area (Å²) in [5.74, 6) is -2.39. The first-order chi connectivity index (χ1) is 14.9. The summed E-state index contributed by atoms with van der Waals surface area (Å²) in [6.45, 7) is 5.02. The normalized spacial score (nSPS) is 11.9. The molecule has 0 radical (unpaired) electrons. The van der Waals surface area contributed by atoms with Crippen LogP contribution in [0.2, 0.25) is 0 Å². The van der Waals surface area contributed by atoms with Gasteiger partial charge in [0.15, 0.2) is 16.7 Å². The van der Waals surface area contributed by atoms with Crippen LogP contribution in [0.3, 0.4) is 0 Å². The number of hydrogen-bond acceptors (Lipinski definition) is 5. The predicted octanol–water partition coefficient (Wildman–Crippen LogP) is 4.35. The molecule has 0 aliphatic rings. The Morgan fingerprint density at radius 2 is 1.75 bits per heavy atom. The third kappa shape index (κ3) is 4.96. The molecule has 3 aromatic rings. The summed E-state index contributed by atoms with van der Waals surface area (Å²) in [4.78, 5) is 13.5. The van der Waals surface area contributed by atoms with E-state index in [-0.39, 0.29) is 27.8 Å². The molecule has 170 valence electrons. The lowest BCUT2D eigenvalue weighted by atomic mass is 10.2. The van der Waals surface area contributed by atoms with Gasteiger partial charge in [0, 0.05) is 13.1 Å². The molecular weight excluding hydrogens is 440 g/mol. The second-order valence-electron chi connectivity index (χ2n) is 8.11. The molecule has 7 nitrogen and oxygen atoms in total. The summed E-state index contributed by atoms with van der Waals surface area (Å²) in [5.41, 5.74) is -0.945. The monoisotopic (exact) mass is 463 g/mol. The molecule has 1 aromatic heterocycles. The lowest BCUT2D eigenvalue weighted by molar-refractivity contribution is 0.0283. The highest BCUT2D eigenvalue weighted by atomic mass is 32.2. The fraction of sp³-hybridized carbons (Fsp3) is 0.273. The fourth-order valence-corrected chi connectivity index (χ4v) is 4.29. The number of hydrogen-bond donors (Lipinski definition) is 0. The predicted molar refractivity (Wildman–Crippen MR) is 113 cm³/mol. The van der Waals surface area contributed by atoms with Crippen LogP contribution in [0, 0.1) is 11.6 Å². The van der Waals surface area contributed by atoms with Crippen LogP contribution >= 0.6 is 0 Å². The second kappa shape index (κ2) is 8.70. The van der Waals surface area contributed by atoms with Crippen molar-refractivity contribution in [2.24, 2.45) is 0 Å². The van der Waals surface area contributed by atoms with Crippen LogP contribution in [0.1, 0.15) is 26.5 Å². The van der Waals surface area contributed by atoms with Crippen molar-refractivity contribution in [3.63, 3.8) is 0 Å². The molecular formula is C22H23F2N3O4S. The molecule has 0 saturated heterocycles. The van der Waals surface area contributed by atoms with Gasteiger partial charge in [-0.25, -0.2) is 26.7 Å². The zero-order valence-electron chi connectivity index (χ0n) is 18.0. The van der Waals surface area contributed by atoms with Crippen LogP contribution in [0.15, 0.2) is 64.5 Å². The third-order valence-electron chi connectivity index (χ3n) is 4.32. The van der Waals surface area contributed by atoms with Crippen molar-refractivity contribution in [3.8, 4) is 5.69 Å². The number of carbonyl (C=O) groups excluding carboxylic acids is 1. The van der Waals surface area contributed by atoms with E-state index < -0.39 is 33.2 Å². The maximum Gasteiger partial charge on any atom is 0.410 e. The van der Waals surface area contributed by atoms with E-state index in [2.05, 4.69) is 5.10 Å². The summed E-state index contributed by atoms with van der Waals surface area (Å²) < 4.78 is 61.0. The number of amides is 1. The third-order valence-corrected chi connectivity index (χ3v) is 6.05. The van der Waals surface area contributed by atoms with E-state index in [1.165, 1.54) is 42.3 Å². The number of sulfone groups is 1. The lowest BCUT2D eigenvalue weighted by Crippen LogP contribution is -2.33. The Balaban J connectivity index is 2.09. The summed E-state index contributed by atoms with van der Waals surface area (Å²) in [6, 6.07) is 12.2. The summed E-state index contributed by atoms with van der Waals surface area (Å²) in [5, 5.41) is 3.81. The molecule has 1 heterocycles. The Kier molecular flexibility index (Phi) is 6.36. The number of halogens is 2. The summed E-state index contributed by atoms with van der Waals surface area (Å²) in [7, 11) is -2.68. The average molecular weight is 464 g/mol. The van der Waals surface area contributed by atoms with Crippen molar-refractivity contribution in [3.05, 3.63) is 71.9 Å². The standard InChI is InChI=1S/C22H23F2N3O4S/c1-22(2,3)31-21(28)26(4)14-15-13-19(32(29,30)16-9-6-5-7-10-16)27(25-15)18-12-8-11-17(23)20(18)24/h5-13H,14H2,1-4H3. The average Bonchev–Trinajstić information content (AvgIpc) is 3.13. The Bertz CT molecular complexity index is 1240. The minimum Gasteiger partial charge on any atom is -0.444 e. The van der Waals surface area contributed by atoms with Gasteiger partial charge in [-0.3, -0.25) is 0 Å². The highest BCUT2D eigenvalue weighted by Crippen LogP contribution is 2.27. The first kappa shape index (κ1) is 23.4. The highest BCUT2D eigenvalue weighted by Gasteiger charge is 2.28. The molecule has 3 rings (SSSR count). The number of rotatable bonds is 5. The topological polar surface area (TPSA) is 81.5 Å². The van der Waals surface area contributed by atoms with Crippen LogP contribution in [-0.4, -0.2) is 41.8 Å². The van der Waals surface area contributed by atoms with Gasteiger partial charge in [-0.1, -0.05) is 24.3 Å². The maximum atomic E-state index is 14.5. The SMILES string of the molecule is CN(Cc1cc(S(=O)(=O)c2ccccc2)n(-c2cccc(F)c2F)n1)C(=O)OC(C)(C)C. The van der Waals surface area contributed by atoms with Gasteiger partial charge in [0.05, 0.1) is 17.1 Å². The zero-order valence-corrected chi connectivity index (χ0v) is 18.9. The van der Waals surface area contributed by atoms with Crippen molar-refractivity contribution < 1.29 is 26.7 Å². The van der Waals surface area contributed by atoms with Gasteiger partial charge >= 0.3 is 6.09 Å². The van der Waals surface area contributed by atoms with Crippen molar-refractivity contribution in [1.82, 2.24) is 14.7 Å². The number of aromatic nitrogens is 2. The molecule has 0 aliphatic carbocycles. The molecule has 0 aliphatic heterocycles. The largest absolute Gasteiger partial charge is 0.444 e. The van der Waals surface area contributed by atoms with Crippen molar-refractivity contribution >= 4 is 15.9 Å². The minimum absolute atomic E-state index is 0.0370. The number of benzene rings is 2. The van der Waals surface area contributed by atoms with E-state index in [1.807, 2.05) is 0 Å². The minimum atomic E-state index is -4.13. The number of ether oxygens (including phenoxy) is 1. The molecule has 1 amide bonds. The number of carbonyl (C=O) groups is 1. The quantitative estimate of drug-likeness (QED) is 0.562. The van der Waals surface area contributed by atoms with Crippen LogP contribution < -0.4 is 0 Å². The van der Waals surface area contributed by atoms with Gasteiger partial charge < -0.3 is 9.64 Å². The van der Waals surface area contributed by atoms with Gasteiger partial charge in [-0.15, -0.1) is 0 Å². The van der Waals surface area contributed by atoms with E-state index >= 15 is 0 Å². The number of nitrogens with zero attached hydrogens (tertiary/aromatic N) is 3. The molecule has 10 heteroatoms. The van der Waals surface area contributed by atoms with Crippen LogP contribution in [0.4, 0.5) is 13.6 Å². The van der Waals surface area contributed by atoms with Crippen LogP contribution in [0.5, 0.6) is 0 Å². The highest BCUT2D eigenvalue weighted by molar-refractivity contribution is 7.91. The molecule has 2 aromatic carbocycles. The summed E-state index contributed by atoms with van der Waals surface area (Å²) >= 11 is 0. The van der Waals surface area contributed by atoms with E-state index in [0.717, 1.165) is 10.7 Å². The van der Waals surface area contributed by atoms with E-state index in [1.54, 1.807) is 39.0 Å². The van der Waals surface area contributed by atoms with Crippen LogP contribution in [0.25, 0.3) is 5.69 Å². The molecule has 0 bridgehead atoms. The van der Waals surface area contributed by atoms with Crippen LogP contribution in [-0.2, 0) is 21.1 Å². The summed E-state index contributed by atoms with van der Waals surface area (Å²) in [6.07, 6.45) is -0.642. The Labute approximate surface area is 185 Å². The van der Waals surface area contributed by atoms with Gasteiger partial charge in [0.25, 0.3) is 0 Å². The van der Waals surface area contributed by atoms with E-state index in [4.69, 9.17) is 4.74 Å². The maximum absolute atomic E-state index is 14.5. The Morgan fingerprint density at radius 3 is 2.38 bits per heavy atom.